The second-order valence-electron chi connectivity index (χ2n) is 9.26. The number of carbonyl (C=O) groups excluding carboxylic acids is 4. The maximum Gasteiger partial charge on any atom is 0.407 e. The fourth-order valence-corrected chi connectivity index (χ4v) is 4.18. The lowest BCUT2D eigenvalue weighted by Crippen LogP contribution is -2.67. The number of alkyl halides is 3. The molecule has 1 aliphatic heterocycles. The van der Waals surface area contributed by atoms with Crippen LogP contribution < -0.4 is 15.7 Å². The maximum atomic E-state index is 15.3. The molecular formula is C26H27Cl3FN3O11. The zero-order valence-corrected chi connectivity index (χ0v) is 25.6. The summed E-state index contributed by atoms with van der Waals surface area (Å²) in [4.78, 5) is 64.7. The van der Waals surface area contributed by atoms with E-state index in [-0.39, 0.29) is 6.54 Å². The predicted octanol–water partition coefficient (Wildman–Crippen LogP) is 2.43. The number of ether oxygens (including phenoxy) is 6. The molecule has 5 atom stereocenters. The number of nitrogens with zero attached hydrogens (tertiary/aromatic N) is 2. The summed E-state index contributed by atoms with van der Waals surface area (Å²) in [7, 11) is 0. The number of amides is 1. The molecule has 0 spiro atoms. The zero-order valence-electron chi connectivity index (χ0n) is 23.4. The molecule has 0 saturated carbocycles. The minimum atomic E-state index is -2.00. The van der Waals surface area contributed by atoms with E-state index in [0.717, 1.165) is 31.5 Å². The lowest BCUT2D eigenvalue weighted by molar-refractivity contribution is -0.257. The Hall–Kier alpha value is -3.66. The lowest BCUT2D eigenvalue weighted by atomic mass is 9.96. The number of rotatable bonds is 10. The van der Waals surface area contributed by atoms with Crippen molar-refractivity contribution in [3.05, 3.63) is 58.4 Å². The van der Waals surface area contributed by atoms with Gasteiger partial charge in [-0.1, -0.05) is 65.1 Å². The van der Waals surface area contributed by atoms with Crippen molar-refractivity contribution in [1.29, 1.82) is 0 Å². The average molecular weight is 683 g/mol. The van der Waals surface area contributed by atoms with E-state index in [1.807, 2.05) is 0 Å². The van der Waals surface area contributed by atoms with E-state index in [1.165, 1.54) is 0 Å². The number of nitrogens with one attached hydrogen (secondary N) is 1. The molecule has 240 valence electrons. The first-order valence-electron chi connectivity index (χ1n) is 12.7. The van der Waals surface area contributed by atoms with Crippen LogP contribution >= 0.6 is 34.8 Å². The minimum absolute atomic E-state index is 0.00786. The first-order chi connectivity index (χ1) is 20.6. The standard InChI is InChI=1S/C26H27Cl3FN3O11/c1-13(34)39-11-18-20(41-14(2)35)21(42-15(3)36)19(31-25(38)40-12-26(27,28)29)23(43-18)44-22-17(30)10-33(24(37)32-22)9-16-7-5-4-6-8-16/h4-8,10,18-21,23H,9,11-12H2,1-3H3,(H,31,38)/t18-,19-,20-,21-,23+/m1/s1. The van der Waals surface area contributed by atoms with Gasteiger partial charge in [-0.25, -0.2) is 9.59 Å². The molecule has 0 unspecified atom stereocenters. The van der Waals surface area contributed by atoms with E-state index < -0.39 is 89.0 Å². The summed E-state index contributed by atoms with van der Waals surface area (Å²) in [5, 5.41) is 2.29. The van der Waals surface area contributed by atoms with E-state index in [9.17, 15) is 24.0 Å². The molecule has 3 rings (SSSR count). The highest BCUT2D eigenvalue weighted by atomic mass is 35.6. The van der Waals surface area contributed by atoms with Crippen LogP contribution in [0.15, 0.2) is 41.3 Å². The van der Waals surface area contributed by atoms with Crippen LogP contribution in [0.2, 0.25) is 0 Å². The molecule has 0 radical (unpaired) electrons. The highest BCUT2D eigenvalue weighted by Crippen LogP contribution is 2.30. The molecule has 2 heterocycles. The number of carbonyl (C=O) groups is 4. The van der Waals surface area contributed by atoms with E-state index in [4.69, 9.17) is 63.2 Å². The summed E-state index contributed by atoms with van der Waals surface area (Å²) in [6.45, 7) is 1.85. The molecule has 1 amide bonds. The summed E-state index contributed by atoms with van der Waals surface area (Å²) < 4.78 is 46.2. The Kier molecular flexibility index (Phi) is 12.2. The number of hydrogen-bond donors (Lipinski definition) is 1. The molecular weight excluding hydrogens is 656 g/mol. The monoisotopic (exact) mass is 681 g/mol. The average Bonchev–Trinajstić information content (AvgIpc) is 2.92. The largest absolute Gasteiger partial charge is 0.463 e. The Morgan fingerprint density at radius 3 is 2.23 bits per heavy atom. The van der Waals surface area contributed by atoms with Crippen LogP contribution in [0.4, 0.5) is 9.18 Å². The third kappa shape index (κ3) is 10.5. The molecule has 44 heavy (non-hydrogen) atoms. The number of aromatic nitrogens is 2. The summed E-state index contributed by atoms with van der Waals surface area (Å²) in [6.07, 6.45) is -6.74. The molecule has 2 aromatic rings. The van der Waals surface area contributed by atoms with Crippen LogP contribution in [-0.2, 0) is 44.6 Å². The van der Waals surface area contributed by atoms with Crippen LogP contribution in [0.25, 0.3) is 0 Å². The fourth-order valence-electron chi connectivity index (χ4n) is 4.02. The maximum absolute atomic E-state index is 15.3. The molecule has 0 aliphatic carbocycles. The van der Waals surface area contributed by atoms with Gasteiger partial charge in [0, 0.05) is 20.8 Å². The number of hydrogen-bond acceptors (Lipinski definition) is 12. The van der Waals surface area contributed by atoms with Crippen molar-refractivity contribution in [1.82, 2.24) is 14.9 Å². The van der Waals surface area contributed by atoms with Gasteiger partial charge in [0.05, 0.1) is 12.7 Å². The second kappa shape index (κ2) is 15.4. The molecule has 0 bridgehead atoms. The minimum Gasteiger partial charge on any atom is -0.463 e. The number of esters is 3. The van der Waals surface area contributed by atoms with Crippen molar-refractivity contribution in [2.24, 2.45) is 0 Å². The van der Waals surface area contributed by atoms with Crippen molar-refractivity contribution in [2.45, 2.75) is 61.8 Å². The topological polar surface area (TPSA) is 171 Å². The van der Waals surface area contributed by atoms with Gasteiger partial charge in [0.2, 0.25) is 15.9 Å². The smallest absolute Gasteiger partial charge is 0.407 e. The summed E-state index contributed by atoms with van der Waals surface area (Å²) in [6, 6.07) is 7.06. The third-order valence-corrected chi connectivity index (χ3v) is 6.02. The Bertz CT molecular complexity index is 1410. The second-order valence-corrected chi connectivity index (χ2v) is 11.8. The highest BCUT2D eigenvalue weighted by molar-refractivity contribution is 6.67. The normalized spacial score (nSPS) is 21.5. The van der Waals surface area contributed by atoms with E-state index in [2.05, 4.69) is 10.3 Å². The van der Waals surface area contributed by atoms with Crippen LogP contribution in [0.1, 0.15) is 26.3 Å². The quantitative estimate of drug-likeness (QED) is 0.221. The first-order valence-corrected chi connectivity index (χ1v) is 13.9. The van der Waals surface area contributed by atoms with Gasteiger partial charge in [-0.05, 0) is 5.56 Å². The fraction of sp³-hybridized carbons (Fsp3) is 0.462. The third-order valence-electron chi connectivity index (χ3n) is 5.69. The lowest BCUT2D eigenvalue weighted by Gasteiger charge is -2.44. The summed E-state index contributed by atoms with van der Waals surface area (Å²) >= 11 is 16.9. The SMILES string of the molecule is CC(=O)OC[C@H]1O[C@@H](Oc2nc(=O)n(Cc3ccccc3)cc2F)[C@H](NC(=O)OCC(Cl)(Cl)Cl)[C@@H](OC(C)=O)[C@@H]1OC(C)=O. The van der Waals surface area contributed by atoms with Gasteiger partial charge in [0.1, 0.15) is 25.4 Å². The molecule has 1 aromatic heterocycles. The van der Waals surface area contributed by atoms with Gasteiger partial charge < -0.3 is 33.7 Å². The van der Waals surface area contributed by atoms with Crippen molar-refractivity contribution in [2.75, 3.05) is 13.2 Å². The van der Waals surface area contributed by atoms with Gasteiger partial charge in [0.15, 0.2) is 12.2 Å². The van der Waals surface area contributed by atoms with Gasteiger partial charge >= 0.3 is 29.7 Å². The molecule has 1 aromatic carbocycles. The number of benzene rings is 1. The van der Waals surface area contributed by atoms with Crippen molar-refractivity contribution in [3.8, 4) is 5.88 Å². The molecule has 1 fully saturated rings. The zero-order chi connectivity index (χ0) is 32.6. The van der Waals surface area contributed by atoms with Gasteiger partial charge in [-0.3, -0.25) is 19.0 Å². The first kappa shape index (κ1) is 34.8. The van der Waals surface area contributed by atoms with Crippen LogP contribution in [0.3, 0.4) is 0 Å². The molecule has 14 nitrogen and oxygen atoms in total. The molecule has 1 saturated heterocycles. The Balaban J connectivity index is 2.01. The highest BCUT2D eigenvalue weighted by Gasteiger charge is 2.52. The summed E-state index contributed by atoms with van der Waals surface area (Å²) in [5.74, 6) is -4.49. The molecule has 18 heteroatoms. The van der Waals surface area contributed by atoms with Crippen LogP contribution in [0.5, 0.6) is 5.88 Å². The van der Waals surface area contributed by atoms with Gasteiger partial charge in [0.25, 0.3) is 5.88 Å². The van der Waals surface area contributed by atoms with Crippen LogP contribution in [-0.4, -0.2) is 81.2 Å². The number of alkyl carbamates (subject to hydrolysis) is 1. The van der Waals surface area contributed by atoms with Gasteiger partial charge in [-0.2, -0.15) is 9.37 Å². The Labute approximate surface area is 264 Å². The molecule has 1 N–H and O–H groups in total. The summed E-state index contributed by atoms with van der Waals surface area (Å²) in [5.41, 5.74) is -0.217. The van der Waals surface area contributed by atoms with Crippen molar-refractivity contribution >= 4 is 58.8 Å². The van der Waals surface area contributed by atoms with Crippen molar-refractivity contribution < 1.29 is 52.0 Å². The Morgan fingerprint density at radius 1 is 1.00 bits per heavy atom. The van der Waals surface area contributed by atoms with E-state index >= 15 is 4.39 Å². The van der Waals surface area contributed by atoms with Gasteiger partial charge in [-0.15, -0.1) is 0 Å². The number of halogens is 4. The van der Waals surface area contributed by atoms with Crippen molar-refractivity contribution in [3.63, 3.8) is 0 Å². The molecule has 1 aliphatic rings. The van der Waals surface area contributed by atoms with E-state index in [1.54, 1.807) is 30.3 Å². The predicted molar refractivity (Wildman–Crippen MR) is 150 cm³/mol. The Morgan fingerprint density at radius 2 is 1.64 bits per heavy atom. The van der Waals surface area contributed by atoms with Crippen LogP contribution in [0, 0.1) is 5.82 Å². The van der Waals surface area contributed by atoms with E-state index in [0.29, 0.717) is 5.56 Å².